The van der Waals surface area contributed by atoms with Crippen LogP contribution in [0.4, 0.5) is 8.78 Å². The van der Waals surface area contributed by atoms with Crippen molar-refractivity contribution in [2.45, 2.75) is 19.8 Å². The molecular formula is C19H16F2O2. The Morgan fingerprint density at radius 2 is 1.96 bits per heavy atom. The van der Waals surface area contributed by atoms with Gasteiger partial charge in [0.1, 0.15) is 11.6 Å². The number of carbonyl (C=O) groups excluding carboxylic acids is 1. The van der Waals surface area contributed by atoms with Crippen LogP contribution >= 0.6 is 0 Å². The number of hydrogen-bond acceptors (Lipinski definition) is 2. The van der Waals surface area contributed by atoms with Gasteiger partial charge in [-0.2, -0.15) is 0 Å². The fraction of sp³-hybridized carbons (Fsp3) is 0.211. The summed E-state index contributed by atoms with van der Waals surface area (Å²) < 4.78 is 32.5. The smallest absolute Gasteiger partial charge is 0.337 e. The molecule has 2 aromatic carbocycles. The van der Waals surface area contributed by atoms with Crippen LogP contribution in [0.2, 0.25) is 0 Å². The molecule has 1 aliphatic carbocycles. The van der Waals surface area contributed by atoms with Gasteiger partial charge in [-0.3, -0.25) is 0 Å². The van der Waals surface area contributed by atoms with Gasteiger partial charge in [-0.05, 0) is 60.2 Å². The molecule has 0 saturated heterocycles. The molecule has 0 bridgehead atoms. The largest absolute Gasteiger partial charge is 0.465 e. The summed E-state index contributed by atoms with van der Waals surface area (Å²) in [6, 6.07) is 7.50. The van der Waals surface area contributed by atoms with E-state index in [2.05, 4.69) is 0 Å². The first-order chi connectivity index (χ1) is 11.0. The Hall–Kier alpha value is -2.49. The summed E-state index contributed by atoms with van der Waals surface area (Å²) >= 11 is 0. The highest BCUT2D eigenvalue weighted by Crippen LogP contribution is 2.35. The van der Waals surface area contributed by atoms with Gasteiger partial charge in [0.2, 0.25) is 0 Å². The topological polar surface area (TPSA) is 26.3 Å². The highest BCUT2D eigenvalue weighted by molar-refractivity contribution is 5.93. The van der Waals surface area contributed by atoms with Crippen molar-refractivity contribution in [3.8, 4) is 0 Å². The Bertz CT molecular complexity index is 799. The SMILES string of the molecule is COC(=O)c1ccc2c(c1)C(c1c(C)cc(F)cc1F)=CCC2. The molecule has 0 unspecified atom stereocenters. The van der Waals surface area contributed by atoms with E-state index in [0.717, 1.165) is 30.0 Å². The number of fused-ring (bicyclic) bond motifs is 1. The van der Waals surface area contributed by atoms with Gasteiger partial charge in [-0.25, -0.2) is 13.6 Å². The summed E-state index contributed by atoms with van der Waals surface area (Å²) in [4.78, 5) is 11.8. The molecule has 0 heterocycles. The molecular weight excluding hydrogens is 298 g/mol. The van der Waals surface area contributed by atoms with Crippen LogP contribution in [0.25, 0.3) is 5.57 Å². The number of benzene rings is 2. The molecule has 0 aromatic heterocycles. The zero-order chi connectivity index (χ0) is 16.6. The number of aryl methyl sites for hydroxylation is 2. The molecule has 0 atom stereocenters. The van der Waals surface area contributed by atoms with E-state index in [1.807, 2.05) is 12.1 Å². The Labute approximate surface area is 133 Å². The van der Waals surface area contributed by atoms with Crippen molar-refractivity contribution in [1.82, 2.24) is 0 Å². The van der Waals surface area contributed by atoms with Crippen molar-refractivity contribution in [3.05, 3.63) is 75.9 Å². The molecule has 0 amide bonds. The molecule has 2 nitrogen and oxygen atoms in total. The second-order valence-corrected chi connectivity index (χ2v) is 5.60. The van der Waals surface area contributed by atoms with E-state index in [1.54, 1.807) is 19.1 Å². The van der Waals surface area contributed by atoms with Crippen LogP contribution in [-0.4, -0.2) is 13.1 Å². The van der Waals surface area contributed by atoms with E-state index in [1.165, 1.54) is 13.2 Å². The van der Waals surface area contributed by atoms with Gasteiger partial charge in [-0.1, -0.05) is 12.1 Å². The third-order valence-corrected chi connectivity index (χ3v) is 4.10. The van der Waals surface area contributed by atoms with E-state index in [-0.39, 0.29) is 0 Å². The molecule has 2 aromatic rings. The number of hydrogen-bond donors (Lipinski definition) is 0. The Morgan fingerprint density at radius 3 is 2.65 bits per heavy atom. The van der Waals surface area contributed by atoms with Gasteiger partial charge in [0, 0.05) is 11.6 Å². The summed E-state index contributed by atoms with van der Waals surface area (Å²) in [6.07, 6.45) is 3.53. The van der Waals surface area contributed by atoms with Crippen molar-refractivity contribution in [1.29, 1.82) is 0 Å². The molecule has 0 aliphatic heterocycles. The van der Waals surface area contributed by atoms with E-state index in [4.69, 9.17) is 4.74 Å². The Morgan fingerprint density at radius 1 is 1.17 bits per heavy atom. The normalized spacial score (nSPS) is 13.3. The maximum absolute atomic E-state index is 14.3. The molecule has 0 N–H and O–H groups in total. The van der Waals surface area contributed by atoms with Gasteiger partial charge in [-0.15, -0.1) is 0 Å². The lowest BCUT2D eigenvalue weighted by atomic mass is 9.84. The number of halogens is 2. The summed E-state index contributed by atoms with van der Waals surface area (Å²) in [5.41, 5.74) is 3.87. The fourth-order valence-electron chi connectivity index (χ4n) is 3.05. The van der Waals surface area contributed by atoms with Crippen molar-refractivity contribution in [2.75, 3.05) is 7.11 Å². The Kier molecular flexibility index (Phi) is 3.99. The van der Waals surface area contributed by atoms with Gasteiger partial charge < -0.3 is 4.74 Å². The first-order valence-electron chi connectivity index (χ1n) is 7.39. The highest BCUT2D eigenvalue weighted by Gasteiger charge is 2.21. The maximum atomic E-state index is 14.3. The van der Waals surface area contributed by atoms with E-state index < -0.39 is 17.6 Å². The van der Waals surface area contributed by atoms with Crippen LogP contribution in [0.1, 0.15) is 39.0 Å². The summed E-state index contributed by atoms with van der Waals surface area (Å²) in [5, 5.41) is 0. The second-order valence-electron chi connectivity index (χ2n) is 5.60. The predicted octanol–water partition coefficient (Wildman–Crippen LogP) is 4.44. The standard InChI is InChI=1S/C19H16F2O2/c1-11-8-14(20)10-17(21)18(11)15-5-3-4-12-6-7-13(9-16(12)15)19(22)23-2/h5-10H,3-4H2,1-2H3. The minimum Gasteiger partial charge on any atom is -0.465 e. The lowest BCUT2D eigenvalue weighted by molar-refractivity contribution is 0.0600. The molecule has 4 heteroatoms. The number of esters is 1. The molecule has 0 fully saturated rings. The summed E-state index contributed by atoms with van der Waals surface area (Å²) in [5.74, 6) is -1.62. The van der Waals surface area contributed by atoms with Crippen molar-refractivity contribution < 1.29 is 18.3 Å². The first-order valence-corrected chi connectivity index (χ1v) is 7.39. The zero-order valence-electron chi connectivity index (χ0n) is 13.0. The molecule has 1 aliphatic rings. The molecule has 23 heavy (non-hydrogen) atoms. The van der Waals surface area contributed by atoms with Crippen LogP contribution in [-0.2, 0) is 11.2 Å². The van der Waals surface area contributed by atoms with Crippen LogP contribution in [0.5, 0.6) is 0 Å². The van der Waals surface area contributed by atoms with Gasteiger partial charge in [0.15, 0.2) is 0 Å². The van der Waals surface area contributed by atoms with Crippen molar-refractivity contribution in [3.63, 3.8) is 0 Å². The van der Waals surface area contributed by atoms with Gasteiger partial charge in [0.05, 0.1) is 12.7 Å². The third-order valence-electron chi connectivity index (χ3n) is 4.10. The third kappa shape index (κ3) is 2.77. The lowest BCUT2D eigenvalue weighted by Crippen LogP contribution is -2.08. The zero-order valence-corrected chi connectivity index (χ0v) is 13.0. The molecule has 118 valence electrons. The summed E-state index contributed by atoms with van der Waals surface area (Å²) in [7, 11) is 1.32. The second kappa shape index (κ2) is 5.95. The predicted molar refractivity (Wildman–Crippen MR) is 84.3 cm³/mol. The van der Waals surface area contributed by atoms with Crippen LogP contribution < -0.4 is 0 Å². The van der Waals surface area contributed by atoms with Crippen molar-refractivity contribution in [2.24, 2.45) is 0 Å². The quantitative estimate of drug-likeness (QED) is 0.766. The molecule has 0 spiro atoms. The fourth-order valence-corrected chi connectivity index (χ4v) is 3.05. The lowest BCUT2D eigenvalue weighted by Gasteiger charge is -2.21. The number of methoxy groups -OCH3 is 1. The molecule has 0 saturated carbocycles. The summed E-state index contributed by atoms with van der Waals surface area (Å²) in [6.45, 7) is 1.68. The van der Waals surface area contributed by atoms with Crippen LogP contribution in [0, 0.1) is 18.6 Å². The molecule has 3 rings (SSSR count). The number of rotatable bonds is 2. The molecule has 0 radical (unpaired) electrons. The van der Waals surface area contributed by atoms with Gasteiger partial charge >= 0.3 is 5.97 Å². The van der Waals surface area contributed by atoms with E-state index in [9.17, 15) is 13.6 Å². The van der Waals surface area contributed by atoms with Gasteiger partial charge in [0.25, 0.3) is 0 Å². The first kappa shape index (κ1) is 15.4. The van der Waals surface area contributed by atoms with Crippen LogP contribution in [0.3, 0.4) is 0 Å². The Balaban J connectivity index is 2.17. The van der Waals surface area contributed by atoms with Crippen LogP contribution in [0.15, 0.2) is 36.4 Å². The minimum atomic E-state index is -0.594. The minimum absolute atomic E-state index is 0.384. The van der Waals surface area contributed by atoms with E-state index in [0.29, 0.717) is 22.3 Å². The number of allylic oxidation sites excluding steroid dienone is 1. The average Bonchev–Trinajstić information content (AvgIpc) is 2.53. The number of carbonyl (C=O) groups is 1. The monoisotopic (exact) mass is 314 g/mol. The van der Waals surface area contributed by atoms with E-state index >= 15 is 0 Å². The average molecular weight is 314 g/mol. The van der Waals surface area contributed by atoms with Crippen molar-refractivity contribution >= 4 is 11.5 Å². The highest BCUT2D eigenvalue weighted by atomic mass is 19.1. The maximum Gasteiger partial charge on any atom is 0.337 e. The number of ether oxygens (including phenoxy) is 1.